The number of hydrogen-bond donors (Lipinski definition) is 2. The summed E-state index contributed by atoms with van der Waals surface area (Å²) in [5.74, 6) is 0. The van der Waals surface area contributed by atoms with Crippen LogP contribution >= 0.6 is 0 Å². The van der Waals surface area contributed by atoms with Crippen molar-refractivity contribution in [3.63, 3.8) is 0 Å². The summed E-state index contributed by atoms with van der Waals surface area (Å²) in [7, 11) is 0. The van der Waals surface area contributed by atoms with Gasteiger partial charge in [0.25, 0.3) is 0 Å². The quantitative estimate of drug-likeness (QED) is 0.197. The van der Waals surface area contributed by atoms with Crippen LogP contribution in [-0.4, -0.2) is 19.3 Å². The molecule has 0 aromatic carbocycles. The van der Waals surface area contributed by atoms with Crippen LogP contribution in [-0.2, 0) is 4.84 Å². The van der Waals surface area contributed by atoms with E-state index in [4.69, 9.17) is 4.84 Å². The van der Waals surface area contributed by atoms with Crippen molar-refractivity contribution in [2.45, 2.75) is 110 Å². The van der Waals surface area contributed by atoms with Gasteiger partial charge in [-0.15, -0.1) is 0 Å². The van der Waals surface area contributed by atoms with Gasteiger partial charge in [-0.1, -0.05) is 85.0 Å². The van der Waals surface area contributed by atoms with E-state index in [2.05, 4.69) is 31.6 Å². The largest absolute Gasteiger partial charge is 0.300 e. The minimum absolute atomic E-state index is 0.299. The van der Waals surface area contributed by atoms with Gasteiger partial charge >= 0.3 is 0 Å². The van der Waals surface area contributed by atoms with Crippen LogP contribution in [0, 0.1) is 0 Å². The molecule has 0 fully saturated rings. The van der Waals surface area contributed by atoms with Gasteiger partial charge in [0.15, 0.2) is 0 Å². The first-order valence-corrected chi connectivity index (χ1v) is 9.95. The average molecular weight is 315 g/mol. The molecule has 22 heavy (non-hydrogen) atoms. The van der Waals surface area contributed by atoms with Gasteiger partial charge in [0.05, 0.1) is 12.8 Å². The zero-order valence-corrected chi connectivity index (χ0v) is 15.6. The highest BCUT2D eigenvalue weighted by atomic mass is 16.6. The smallest absolute Gasteiger partial charge is 0.0809 e. The molecular formula is C19H42N2O. The van der Waals surface area contributed by atoms with Crippen molar-refractivity contribution in [2.75, 3.05) is 13.2 Å². The van der Waals surface area contributed by atoms with E-state index in [1.807, 2.05) is 0 Å². The number of nitrogens with one attached hydrogen (secondary N) is 2. The molecule has 3 heteroatoms. The van der Waals surface area contributed by atoms with E-state index in [9.17, 15) is 0 Å². The van der Waals surface area contributed by atoms with Gasteiger partial charge in [0.2, 0.25) is 0 Å². The lowest BCUT2D eigenvalue weighted by Crippen LogP contribution is -2.42. The molecule has 0 aromatic rings. The Morgan fingerprint density at radius 2 is 1.23 bits per heavy atom. The van der Waals surface area contributed by atoms with Crippen molar-refractivity contribution in [3.05, 3.63) is 0 Å². The minimum atomic E-state index is 0.299. The summed E-state index contributed by atoms with van der Waals surface area (Å²) in [5, 5.41) is 3.43. The molecule has 0 spiro atoms. The van der Waals surface area contributed by atoms with Crippen molar-refractivity contribution >= 4 is 0 Å². The Morgan fingerprint density at radius 3 is 1.73 bits per heavy atom. The highest BCUT2D eigenvalue weighted by Gasteiger charge is 2.02. The van der Waals surface area contributed by atoms with Gasteiger partial charge in [-0.3, -0.25) is 0 Å². The van der Waals surface area contributed by atoms with Gasteiger partial charge in [-0.25, -0.2) is 0 Å². The molecule has 0 amide bonds. The van der Waals surface area contributed by atoms with Crippen LogP contribution in [0.5, 0.6) is 0 Å². The molecule has 0 aliphatic carbocycles. The first kappa shape index (κ1) is 21.9. The topological polar surface area (TPSA) is 33.3 Å². The minimum Gasteiger partial charge on any atom is -0.300 e. The molecule has 0 radical (unpaired) electrons. The van der Waals surface area contributed by atoms with Crippen LogP contribution in [0.1, 0.15) is 104 Å². The Kier molecular flexibility index (Phi) is 18.8. The highest BCUT2D eigenvalue weighted by molar-refractivity contribution is 4.56. The van der Waals surface area contributed by atoms with Gasteiger partial charge in [-0.05, 0) is 25.8 Å². The van der Waals surface area contributed by atoms with Crippen molar-refractivity contribution in [3.8, 4) is 0 Å². The van der Waals surface area contributed by atoms with E-state index in [0.29, 0.717) is 6.17 Å². The van der Waals surface area contributed by atoms with Gasteiger partial charge in [0.1, 0.15) is 0 Å². The molecule has 0 aliphatic rings. The summed E-state index contributed by atoms with van der Waals surface area (Å²) in [4.78, 5) is 5.55. The molecule has 0 aromatic heterocycles. The second kappa shape index (κ2) is 18.9. The summed E-state index contributed by atoms with van der Waals surface area (Å²) < 4.78 is 0. The number of hydroxylamine groups is 1. The summed E-state index contributed by atoms with van der Waals surface area (Å²) in [6, 6.07) is 0. The Morgan fingerprint density at radius 1 is 0.682 bits per heavy atom. The Balaban J connectivity index is 3.13. The van der Waals surface area contributed by atoms with Crippen molar-refractivity contribution in [1.82, 2.24) is 10.8 Å². The van der Waals surface area contributed by atoms with E-state index < -0.39 is 0 Å². The summed E-state index contributed by atoms with van der Waals surface area (Å²) >= 11 is 0. The van der Waals surface area contributed by atoms with Gasteiger partial charge in [-0.2, -0.15) is 5.48 Å². The van der Waals surface area contributed by atoms with Crippen LogP contribution in [0.3, 0.4) is 0 Å². The molecule has 1 atom stereocenters. The average Bonchev–Trinajstić information content (AvgIpc) is 2.54. The maximum atomic E-state index is 5.55. The van der Waals surface area contributed by atoms with Crippen LogP contribution in [0.2, 0.25) is 0 Å². The van der Waals surface area contributed by atoms with E-state index in [0.717, 1.165) is 26.0 Å². The fourth-order valence-corrected chi connectivity index (χ4v) is 2.59. The second-order valence-corrected chi connectivity index (χ2v) is 6.42. The van der Waals surface area contributed by atoms with Crippen molar-refractivity contribution < 1.29 is 4.84 Å². The standard InChI is InChI=1S/C19H42N2O/c1-4-7-8-9-10-11-12-13-14-15-16-18-22-21-19(6-3)20-17-5-2/h19-21H,4-18H2,1-3H3. The lowest BCUT2D eigenvalue weighted by atomic mass is 10.1. The third-order valence-electron chi connectivity index (χ3n) is 4.12. The van der Waals surface area contributed by atoms with E-state index >= 15 is 0 Å². The molecule has 1 unspecified atom stereocenters. The van der Waals surface area contributed by atoms with Gasteiger partial charge < -0.3 is 10.2 Å². The lowest BCUT2D eigenvalue weighted by molar-refractivity contribution is 0.00461. The summed E-state index contributed by atoms with van der Waals surface area (Å²) in [6.07, 6.45) is 17.7. The fourth-order valence-electron chi connectivity index (χ4n) is 2.59. The number of unbranched alkanes of at least 4 members (excludes halogenated alkanes) is 10. The SMILES string of the molecule is CCCCCCCCCCCCCONC(CC)NCCC. The third-order valence-corrected chi connectivity index (χ3v) is 4.12. The van der Waals surface area contributed by atoms with Crippen LogP contribution in [0.25, 0.3) is 0 Å². The third kappa shape index (κ3) is 16.3. The molecular weight excluding hydrogens is 272 g/mol. The van der Waals surface area contributed by atoms with Crippen LogP contribution in [0.15, 0.2) is 0 Å². The predicted octanol–water partition coefficient (Wildman–Crippen LogP) is 5.55. The molecule has 3 nitrogen and oxygen atoms in total. The second-order valence-electron chi connectivity index (χ2n) is 6.42. The zero-order chi connectivity index (χ0) is 16.3. The van der Waals surface area contributed by atoms with E-state index in [-0.39, 0.29) is 0 Å². The molecule has 0 saturated carbocycles. The van der Waals surface area contributed by atoms with Crippen molar-refractivity contribution in [1.29, 1.82) is 0 Å². The predicted molar refractivity (Wildman–Crippen MR) is 97.9 cm³/mol. The Bertz CT molecular complexity index is 200. The molecule has 0 saturated heterocycles. The van der Waals surface area contributed by atoms with Gasteiger partial charge in [0, 0.05) is 0 Å². The molecule has 0 rings (SSSR count). The highest BCUT2D eigenvalue weighted by Crippen LogP contribution is 2.11. The fraction of sp³-hybridized carbons (Fsp3) is 1.00. The van der Waals surface area contributed by atoms with Crippen LogP contribution < -0.4 is 10.8 Å². The maximum absolute atomic E-state index is 5.55. The molecule has 0 aliphatic heterocycles. The first-order chi connectivity index (χ1) is 10.8. The molecule has 0 heterocycles. The maximum Gasteiger partial charge on any atom is 0.0809 e. The monoisotopic (exact) mass is 314 g/mol. The molecule has 0 bridgehead atoms. The van der Waals surface area contributed by atoms with E-state index in [1.54, 1.807) is 0 Å². The van der Waals surface area contributed by atoms with Crippen LogP contribution in [0.4, 0.5) is 0 Å². The molecule has 2 N–H and O–H groups in total. The molecule has 134 valence electrons. The number of hydrogen-bond acceptors (Lipinski definition) is 3. The normalized spacial score (nSPS) is 12.7. The summed E-state index contributed by atoms with van der Waals surface area (Å²) in [6.45, 7) is 8.52. The van der Waals surface area contributed by atoms with E-state index in [1.165, 1.54) is 70.6 Å². The summed E-state index contributed by atoms with van der Waals surface area (Å²) in [5.41, 5.74) is 3.13. The zero-order valence-electron chi connectivity index (χ0n) is 15.6. The number of rotatable bonds is 18. The van der Waals surface area contributed by atoms with Crippen molar-refractivity contribution in [2.24, 2.45) is 0 Å². The Labute approximate surface area is 139 Å². The first-order valence-electron chi connectivity index (χ1n) is 9.95. The lowest BCUT2D eigenvalue weighted by Gasteiger charge is -2.17. The Hall–Kier alpha value is -0.120.